The van der Waals surface area contributed by atoms with E-state index in [2.05, 4.69) is 41.5 Å². The molecule has 1 saturated carbocycles. The highest BCUT2D eigenvalue weighted by atomic mass is 127. The normalized spacial score (nSPS) is 21.2. The number of hydrogen-bond donors (Lipinski definition) is 0. The summed E-state index contributed by atoms with van der Waals surface area (Å²) in [6.07, 6.45) is 9.38. The number of hydrazone groups is 1. The van der Waals surface area contributed by atoms with Gasteiger partial charge in [-0.1, -0.05) is 47.2 Å². The molecule has 0 amide bonds. The van der Waals surface area contributed by atoms with Gasteiger partial charge in [0.25, 0.3) is 0 Å². The topological polar surface area (TPSA) is 32.7 Å². The quantitative estimate of drug-likeness (QED) is 0.324. The highest BCUT2D eigenvalue weighted by Gasteiger charge is 2.38. The van der Waals surface area contributed by atoms with Crippen LogP contribution in [0.2, 0.25) is 5.02 Å². The van der Waals surface area contributed by atoms with Gasteiger partial charge in [-0.15, -0.1) is 0 Å². The van der Waals surface area contributed by atoms with Gasteiger partial charge in [0, 0.05) is 17.4 Å². The fourth-order valence-corrected chi connectivity index (χ4v) is 5.09. The van der Waals surface area contributed by atoms with Gasteiger partial charge in [0.2, 0.25) is 0 Å². The highest BCUT2D eigenvalue weighted by molar-refractivity contribution is 14.1. The van der Waals surface area contributed by atoms with Crippen LogP contribution in [-0.2, 0) is 4.79 Å². The van der Waals surface area contributed by atoms with E-state index in [0.29, 0.717) is 29.5 Å². The average molecular weight is 525 g/mol. The molecule has 2 unspecified atom stereocenters. The number of nitrogens with zero attached hydrogens (tertiary/aromatic N) is 2. The fraction of sp³-hybridized carbons (Fsp3) is 0.391. The predicted molar refractivity (Wildman–Crippen MR) is 124 cm³/mol. The lowest BCUT2D eigenvalue weighted by Gasteiger charge is -2.28. The summed E-state index contributed by atoms with van der Waals surface area (Å²) in [5, 5.41) is 6.42. The molecule has 1 fully saturated rings. The van der Waals surface area contributed by atoms with Crippen molar-refractivity contribution in [2.45, 2.75) is 43.5 Å². The molecule has 1 aromatic carbocycles. The van der Waals surface area contributed by atoms with Gasteiger partial charge in [0.1, 0.15) is 5.82 Å². The molecule has 1 aliphatic carbocycles. The Morgan fingerprint density at radius 2 is 2.10 bits per heavy atom. The number of benzene rings is 1. The Hall–Kier alpha value is -1.47. The maximum atomic E-state index is 14.3. The van der Waals surface area contributed by atoms with E-state index in [4.69, 9.17) is 11.6 Å². The Morgan fingerprint density at radius 1 is 1.34 bits per heavy atom. The third-order valence-corrected chi connectivity index (χ3v) is 8.01. The van der Waals surface area contributed by atoms with Crippen LogP contribution in [0, 0.1) is 17.7 Å². The second kappa shape index (κ2) is 8.34. The molecule has 0 aromatic heterocycles. The highest BCUT2D eigenvalue weighted by Crippen LogP contribution is 2.43. The van der Waals surface area contributed by atoms with Gasteiger partial charge in [-0.2, -0.15) is 5.10 Å². The largest absolute Gasteiger partial charge is 0.293 e. The zero-order valence-corrected chi connectivity index (χ0v) is 19.4. The summed E-state index contributed by atoms with van der Waals surface area (Å²) in [7, 11) is 0. The monoisotopic (exact) mass is 524 g/mol. The minimum Gasteiger partial charge on any atom is -0.293 e. The van der Waals surface area contributed by atoms with E-state index in [0.717, 1.165) is 23.3 Å². The molecule has 0 saturated heterocycles. The van der Waals surface area contributed by atoms with E-state index in [1.54, 1.807) is 23.4 Å². The van der Waals surface area contributed by atoms with Crippen LogP contribution in [0.3, 0.4) is 0 Å². The molecule has 6 heteroatoms. The van der Waals surface area contributed by atoms with Gasteiger partial charge in [-0.25, -0.2) is 9.40 Å². The number of alkyl halides is 1. The van der Waals surface area contributed by atoms with Gasteiger partial charge in [-0.3, -0.25) is 4.79 Å². The fourth-order valence-electron chi connectivity index (χ4n) is 4.01. The summed E-state index contributed by atoms with van der Waals surface area (Å²) in [5.41, 5.74) is 4.12. The van der Waals surface area contributed by atoms with Crippen molar-refractivity contribution in [1.29, 1.82) is 0 Å². The van der Waals surface area contributed by atoms with E-state index < -0.39 is 5.82 Å². The zero-order chi connectivity index (χ0) is 20.7. The number of ketones is 1. The van der Waals surface area contributed by atoms with Crippen LogP contribution in [0.1, 0.15) is 45.1 Å². The molecule has 0 bridgehead atoms. The van der Waals surface area contributed by atoms with Crippen LogP contribution in [0.4, 0.5) is 4.39 Å². The van der Waals surface area contributed by atoms with Crippen molar-refractivity contribution in [1.82, 2.24) is 5.01 Å². The summed E-state index contributed by atoms with van der Waals surface area (Å²) in [6, 6.07) is 4.72. The number of Topliss-reactive ketones (excluding diaryl/α,β-unsaturated/α-hetero) is 1. The predicted octanol–water partition coefficient (Wildman–Crippen LogP) is 6.53. The lowest BCUT2D eigenvalue weighted by atomic mass is 9.91. The van der Waals surface area contributed by atoms with Gasteiger partial charge in [-0.05, 0) is 74.3 Å². The van der Waals surface area contributed by atoms with E-state index in [-0.39, 0.29) is 14.7 Å². The van der Waals surface area contributed by atoms with Gasteiger partial charge in [0.15, 0.2) is 5.78 Å². The number of fused-ring (bicyclic) bond motifs is 1. The van der Waals surface area contributed by atoms with Crippen LogP contribution in [0.5, 0.6) is 0 Å². The van der Waals surface area contributed by atoms with E-state index in [1.165, 1.54) is 18.9 Å². The molecular weight excluding hydrogens is 502 g/mol. The Balaban J connectivity index is 1.85. The van der Waals surface area contributed by atoms with Crippen LogP contribution in [0.15, 0.2) is 52.3 Å². The summed E-state index contributed by atoms with van der Waals surface area (Å²) in [6.45, 7) is 4.23. The molecule has 29 heavy (non-hydrogen) atoms. The lowest BCUT2D eigenvalue weighted by Crippen LogP contribution is -2.27. The summed E-state index contributed by atoms with van der Waals surface area (Å²) < 4.78 is 14.2. The zero-order valence-electron chi connectivity index (χ0n) is 16.5. The van der Waals surface area contributed by atoms with Gasteiger partial charge in [0.05, 0.1) is 20.3 Å². The van der Waals surface area contributed by atoms with Crippen LogP contribution < -0.4 is 0 Å². The smallest absolute Gasteiger partial charge is 0.174 e. The first-order valence-electron chi connectivity index (χ1n) is 9.96. The van der Waals surface area contributed by atoms with Gasteiger partial charge < -0.3 is 0 Å². The van der Waals surface area contributed by atoms with E-state index >= 15 is 0 Å². The van der Waals surface area contributed by atoms with Crippen LogP contribution >= 0.6 is 34.2 Å². The molecule has 0 radical (unpaired) electrons. The maximum absolute atomic E-state index is 14.3. The first-order chi connectivity index (χ1) is 13.9. The second-order valence-corrected chi connectivity index (χ2v) is 9.77. The average Bonchev–Trinajstić information content (AvgIpc) is 3.57. The molecule has 152 valence electrons. The standard InChI is InChI=1S/C23H23ClFIN2O/c1-13-5-9-17(23(29)21(26)14(2)15-6-7-15)22(28-20(13)4-3-11-27-28)16-8-10-18(24)19(25)12-16/h3-4,8,10-12,14-15,21H,5-7,9H2,1-2H3. The van der Waals surface area contributed by atoms with Crippen molar-refractivity contribution in [3.63, 3.8) is 0 Å². The molecule has 2 atom stereocenters. The van der Waals surface area contributed by atoms with Crippen molar-refractivity contribution >= 4 is 51.9 Å². The summed E-state index contributed by atoms with van der Waals surface area (Å²) >= 11 is 8.22. The molecule has 3 nitrogen and oxygen atoms in total. The summed E-state index contributed by atoms with van der Waals surface area (Å²) in [5.74, 6) is 0.605. The lowest BCUT2D eigenvalue weighted by molar-refractivity contribution is -0.115. The Morgan fingerprint density at radius 3 is 2.79 bits per heavy atom. The SMILES string of the molecule is CC1=C2C=CC=NN2C(c2ccc(Cl)c(F)c2)=C(C(=O)C(I)C(C)C2CC2)CC1. The molecule has 1 aromatic rings. The first kappa shape index (κ1) is 20.8. The number of carbonyl (C=O) groups is 1. The van der Waals surface area contributed by atoms with Gasteiger partial charge >= 0.3 is 0 Å². The third-order valence-electron chi connectivity index (χ3n) is 6.00. The Bertz CT molecular complexity index is 977. The number of carbonyl (C=O) groups excluding carboxylic acids is 1. The Kier molecular flexibility index (Phi) is 5.98. The Labute approximate surface area is 189 Å². The molecule has 3 aliphatic rings. The number of hydrogen-bond acceptors (Lipinski definition) is 3. The molecule has 4 rings (SSSR count). The minimum absolute atomic E-state index is 0.0685. The number of allylic oxidation sites excluding steroid dienone is 4. The minimum atomic E-state index is -0.496. The van der Waals surface area contributed by atoms with Crippen LogP contribution in [0.25, 0.3) is 5.70 Å². The molecule has 0 spiro atoms. The van der Waals surface area contributed by atoms with Crippen molar-refractivity contribution < 1.29 is 9.18 Å². The second-order valence-electron chi connectivity index (χ2n) is 8.02. The van der Waals surface area contributed by atoms with E-state index in [9.17, 15) is 9.18 Å². The van der Waals surface area contributed by atoms with Crippen molar-refractivity contribution in [3.05, 3.63) is 63.6 Å². The summed E-state index contributed by atoms with van der Waals surface area (Å²) in [4.78, 5) is 13.6. The molecule has 2 aliphatic heterocycles. The first-order valence-corrected chi connectivity index (χ1v) is 11.6. The van der Waals surface area contributed by atoms with Crippen LogP contribution in [-0.4, -0.2) is 20.9 Å². The number of rotatable bonds is 5. The van der Waals surface area contributed by atoms with Crippen molar-refractivity contribution in [2.75, 3.05) is 0 Å². The van der Waals surface area contributed by atoms with E-state index in [1.807, 2.05) is 12.2 Å². The molecule has 2 heterocycles. The molecular formula is C23H23ClFIN2O. The number of halogens is 3. The third kappa shape index (κ3) is 4.08. The molecule has 0 N–H and O–H groups in total. The van der Waals surface area contributed by atoms with Crippen molar-refractivity contribution in [3.8, 4) is 0 Å². The van der Waals surface area contributed by atoms with Crippen molar-refractivity contribution in [2.24, 2.45) is 16.9 Å². The maximum Gasteiger partial charge on any atom is 0.174 e.